The molecule has 0 saturated carbocycles. The summed E-state index contributed by atoms with van der Waals surface area (Å²) in [5.41, 5.74) is 9.33. The minimum Gasteiger partial charge on any atom is -0.497 e. The van der Waals surface area contributed by atoms with Crippen molar-refractivity contribution in [3.05, 3.63) is 226 Å². The number of benzene rings is 6. The van der Waals surface area contributed by atoms with Crippen molar-refractivity contribution in [2.75, 3.05) is 195 Å². The van der Waals surface area contributed by atoms with Crippen LogP contribution in [0, 0.1) is 25.5 Å². The molecular weight excluding hydrogens is 1720 g/mol. The minimum atomic E-state index is -0.255. The highest BCUT2D eigenvalue weighted by atomic mass is 35.5. The van der Waals surface area contributed by atoms with E-state index in [4.69, 9.17) is 80.2 Å². The van der Waals surface area contributed by atoms with Gasteiger partial charge in [0.25, 0.3) is 0 Å². The Morgan fingerprint density at radius 3 is 1.15 bits per heavy atom. The van der Waals surface area contributed by atoms with Gasteiger partial charge in [0.05, 0.1) is 43.8 Å². The smallest absolute Gasteiger partial charge is 0.318 e. The van der Waals surface area contributed by atoms with Crippen LogP contribution in [0.2, 0.25) is 5.02 Å². The van der Waals surface area contributed by atoms with Crippen LogP contribution in [0.25, 0.3) is 46.9 Å². The van der Waals surface area contributed by atoms with Crippen LogP contribution in [0.4, 0.5) is 38.9 Å². The van der Waals surface area contributed by atoms with Gasteiger partial charge in [-0.25, -0.2) is 24.1 Å². The number of piperazine rings is 3. The maximum Gasteiger partial charge on any atom is 0.318 e. The van der Waals surface area contributed by atoms with E-state index < -0.39 is 0 Å². The fraction of sp³-hybridized carbons (Fsp3) is 0.443. The van der Waals surface area contributed by atoms with Crippen molar-refractivity contribution < 1.29 is 37.7 Å². The predicted octanol–water partition coefficient (Wildman–Crippen LogP) is 12.5. The van der Waals surface area contributed by atoms with Crippen molar-refractivity contribution in [3.8, 4) is 23.8 Å². The number of carbonyl (C=O) groups is 3. The van der Waals surface area contributed by atoms with Crippen LogP contribution >= 0.6 is 52.1 Å². The number of nitrogens with zero attached hydrogens (tertiary/aromatic N) is 21. The number of aromatic nitrogens is 6. The molecule has 130 heavy (non-hydrogen) atoms. The summed E-state index contributed by atoms with van der Waals surface area (Å²) >= 11 is 6.40. The van der Waals surface area contributed by atoms with Gasteiger partial charge in [-0.3, -0.25) is 14.4 Å². The van der Waals surface area contributed by atoms with Crippen LogP contribution < -0.4 is 48.3 Å². The number of anilines is 6. The minimum absolute atomic E-state index is 0. The van der Waals surface area contributed by atoms with E-state index in [1.165, 1.54) is 37.1 Å². The maximum atomic E-state index is 14.6. The molecule has 28 nitrogen and oxygen atoms in total. The van der Waals surface area contributed by atoms with Gasteiger partial charge in [-0.05, 0) is 176 Å². The Balaban J connectivity index is 0.000000164. The fourth-order valence-corrected chi connectivity index (χ4v) is 19.8. The van der Waals surface area contributed by atoms with Gasteiger partial charge in [-0.2, -0.15) is 70.4 Å². The number of hydrogen-bond donors (Lipinski definition) is 0. The SMILES string of the molecule is S.S.S.[C-]#[N+]CC1CN(c2nc(OC[C@@H]3CCCN3C)nc3c2CCN(c2cccc4c(F)cccc24)C3)CCN1C(=O)C=C.[C-]#[N+]CC1CN(c2nc(OC[C@@H]3CCCN3C)nc3c2CCN(c2cccc4ccc(Cl)cc24)C3)CCN1C(=O)C=C.[C-]#[N+]CC1CN(c2nc(OC[C@@H]3CCCN3C)nc3c2CCN(c2cccc4ccc(OC)cc24)C3)CCN1C(=O)C=C. The largest absolute Gasteiger partial charge is 0.497 e. The van der Waals surface area contributed by atoms with Crippen molar-refractivity contribution in [1.29, 1.82) is 0 Å². The third-order valence-electron chi connectivity index (χ3n) is 26.7. The Morgan fingerprint density at radius 2 is 0.785 bits per heavy atom. The molecule has 0 aliphatic carbocycles. The highest BCUT2D eigenvalue weighted by molar-refractivity contribution is 7.59. The van der Waals surface area contributed by atoms with Crippen molar-refractivity contribution in [2.24, 2.45) is 0 Å². The number of fused-ring (bicyclic) bond motifs is 6. The molecule has 3 unspecified atom stereocenters. The van der Waals surface area contributed by atoms with Crippen LogP contribution in [0.15, 0.2) is 147 Å². The first-order valence-corrected chi connectivity index (χ1v) is 44.7. The Kier molecular flexibility index (Phi) is 32.5. The van der Waals surface area contributed by atoms with Crippen LogP contribution in [0.3, 0.4) is 0 Å². The average Bonchev–Trinajstić information content (AvgIpc) is 0.833. The number of ether oxygens (including phenoxy) is 4. The van der Waals surface area contributed by atoms with Crippen molar-refractivity contribution in [1.82, 2.24) is 59.3 Å². The van der Waals surface area contributed by atoms with E-state index in [-0.39, 0.29) is 102 Å². The standard InChI is InChI=1S/C33H39N7O3.C32H36ClN7O2.C32H36FN7O2.3H2S/c1-5-31(41)40-17-16-39(20-25(40)19-34-2)32-27-13-15-38(30-10-6-8-23-11-12-26(42-4)18-28(23)30)21-29(27)35-33(36-32)43-22-24-9-7-14-37(24)3;1-4-30(41)40-16-15-39(19-25(40)18-34-2)31-26-12-14-38(29-9-5-7-22-10-11-23(33)17-27(22)29)20-28(26)35-32(36-31)42-21-24-8-6-13-37(24)3;1-4-30(41)40-17-16-39(19-23(40)18-34-2)31-26-13-15-38(29-12-6-9-24-25(29)10-5-11-27(24)33)20-28(26)35-32(36-31)42-21-22-8-7-14-37(22)3;;;/h5-6,8,10-12,18,24-25H,1,7,9,13-17,19-22H2,3-4H3;4-5,7,9-11,17,24-25H,1,6,8,12-16,18-21H2,3H3;4-6,9-12,22-23H,1,7-8,13-21H2,3H3;3*1H2/t2*24-,25?;22-,23?;;;/m000.../s1. The Morgan fingerprint density at radius 1 is 0.431 bits per heavy atom. The highest BCUT2D eigenvalue weighted by Gasteiger charge is 2.40. The van der Waals surface area contributed by atoms with E-state index in [0.717, 1.165) is 179 Å². The lowest BCUT2D eigenvalue weighted by molar-refractivity contribution is -0.129. The lowest BCUT2D eigenvalue weighted by Crippen LogP contribution is -2.56. The number of carbonyl (C=O) groups excluding carboxylic acids is 3. The maximum absolute atomic E-state index is 14.6. The molecule has 684 valence electrons. The number of hydrogen-bond acceptors (Lipinski definition) is 22. The molecule has 0 bridgehead atoms. The fourth-order valence-electron chi connectivity index (χ4n) is 19.7. The van der Waals surface area contributed by atoms with Gasteiger partial charge in [-0.1, -0.05) is 92.0 Å². The van der Waals surface area contributed by atoms with Gasteiger partial charge < -0.3 is 92.3 Å². The molecule has 18 rings (SSSR count). The van der Waals surface area contributed by atoms with Crippen LogP contribution in [-0.2, 0) is 53.3 Å². The van der Waals surface area contributed by atoms with E-state index in [2.05, 4.69) is 154 Å². The first-order chi connectivity index (χ1) is 61.9. The van der Waals surface area contributed by atoms with E-state index in [9.17, 15) is 18.8 Å². The summed E-state index contributed by atoms with van der Waals surface area (Å²) in [6.45, 7) is 48.0. The molecular formula is C97H117ClFN21O7S3. The van der Waals surface area contributed by atoms with E-state index in [1.54, 1.807) is 27.9 Å². The van der Waals surface area contributed by atoms with Crippen molar-refractivity contribution in [2.45, 2.75) is 114 Å². The second-order valence-corrected chi connectivity index (χ2v) is 34.6. The number of likely N-dealkylation sites (N-methyl/N-ethyl adjacent to an activating group) is 3. The first kappa shape index (κ1) is 96.2. The normalized spacial score (nSPS) is 20.3. The molecule has 3 amide bonds. The average molecular weight is 1840 g/mol. The summed E-state index contributed by atoms with van der Waals surface area (Å²) in [5.74, 6) is 2.72. The number of halogens is 2. The molecule has 0 radical (unpaired) electrons. The summed E-state index contributed by atoms with van der Waals surface area (Å²) in [6.07, 6.45) is 13.0. The zero-order valence-corrected chi connectivity index (χ0v) is 78.3. The molecule has 12 heterocycles. The number of likely N-dealkylation sites (tertiary alicyclic amines) is 3. The predicted molar refractivity (Wildman–Crippen MR) is 526 cm³/mol. The van der Waals surface area contributed by atoms with Crippen LogP contribution in [0.5, 0.6) is 23.8 Å². The zero-order valence-electron chi connectivity index (χ0n) is 74.5. The van der Waals surface area contributed by atoms with Gasteiger partial charge in [0.15, 0.2) is 0 Å². The molecule has 9 aliphatic rings. The molecule has 3 aromatic heterocycles. The molecule has 33 heteroatoms. The topological polar surface area (TPSA) is 217 Å². The second-order valence-electron chi connectivity index (χ2n) is 34.2. The van der Waals surface area contributed by atoms with Gasteiger partial charge in [0, 0.05) is 157 Å². The monoisotopic (exact) mass is 1840 g/mol. The number of methoxy groups -OCH3 is 1. The summed E-state index contributed by atoms with van der Waals surface area (Å²) in [6, 6.07) is 37.3. The van der Waals surface area contributed by atoms with E-state index >= 15 is 0 Å². The summed E-state index contributed by atoms with van der Waals surface area (Å²) < 4.78 is 39.0. The van der Waals surface area contributed by atoms with Crippen LogP contribution in [0.1, 0.15) is 72.3 Å². The molecule has 6 saturated heterocycles. The third kappa shape index (κ3) is 21.3. The summed E-state index contributed by atoms with van der Waals surface area (Å²) in [7, 11) is 8.08. The Bertz CT molecular complexity index is 5590. The second kappa shape index (κ2) is 44.0. The zero-order chi connectivity index (χ0) is 88.4. The van der Waals surface area contributed by atoms with Gasteiger partial charge in [0.1, 0.15) is 67.0 Å². The lowest BCUT2D eigenvalue weighted by atomic mass is 10.0. The van der Waals surface area contributed by atoms with Gasteiger partial charge in [-0.15, -0.1) is 0 Å². The Labute approximate surface area is 787 Å². The van der Waals surface area contributed by atoms with Gasteiger partial charge >= 0.3 is 18.0 Å². The molecule has 6 atom stereocenters. The molecule has 6 aromatic carbocycles. The summed E-state index contributed by atoms with van der Waals surface area (Å²) in [4.78, 5) is 104. The molecule has 0 N–H and O–H groups in total. The Hall–Kier alpha value is -11.4. The molecule has 0 spiro atoms. The number of rotatable bonds is 22. The van der Waals surface area contributed by atoms with Crippen molar-refractivity contribution >= 4 is 137 Å². The third-order valence-corrected chi connectivity index (χ3v) is 26.9. The van der Waals surface area contributed by atoms with Gasteiger partial charge in [0.2, 0.25) is 37.4 Å². The van der Waals surface area contributed by atoms with E-state index in [1.807, 2.05) is 42.5 Å². The lowest BCUT2D eigenvalue weighted by Gasteiger charge is -2.41. The quantitative estimate of drug-likeness (QED) is 0.0455. The first-order valence-electron chi connectivity index (χ1n) is 44.3. The molecule has 9 aliphatic heterocycles. The van der Waals surface area contributed by atoms with E-state index in [0.29, 0.717) is 151 Å². The highest BCUT2D eigenvalue weighted by Crippen LogP contribution is 2.41. The molecule has 6 fully saturated rings. The van der Waals surface area contributed by atoms with Crippen LogP contribution in [-0.4, -0.2) is 279 Å². The molecule has 9 aromatic rings. The number of amides is 3. The summed E-state index contributed by atoms with van der Waals surface area (Å²) in [5, 5.41) is 6.77. The van der Waals surface area contributed by atoms with Crippen molar-refractivity contribution in [3.63, 3.8) is 0 Å².